The molecule has 31 heavy (non-hydrogen) atoms. The molecule has 4 aliphatic rings. The van der Waals surface area contributed by atoms with Gasteiger partial charge in [-0.3, -0.25) is 19.3 Å². The molecule has 0 bridgehead atoms. The zero-order valence-electron chi connectivity index (χ0n) is 16.7. The van der Waals surface area contributed by atoms with Crippen LogP contribution in [0, 0.1) is 18.8 Å². The van der Waals surface area contributed by atoms with E-state index in [1.165, 1.54) is 4.90 Å². The first-order chi connectivity index (χ1) is 14.9. The standard InChI is InChI=1S/C23H19BrClN3O3/c1-11-9-14-19(15(25)10-11)26-22(31)23(14)18-17(16-3-2-8-27(16)23)20(29)28(21(18)30)13-6-4-12(24)5-7-13/h4-7,9-10,16-18H,2-3,8H2,1H3,(H,26,31). The predicted octanol–water partition coefficient (Wildman–Crippen LogP) is 3.84. The summed E-state index contributed by atoms with van der Waals surface area (Å²) in [6.07, 6.45) is 1.68. The molecule has 0 aromatic heterocycles. The molecule has 1 N–H and O–H groups in total. The number of fused-ring (bicyclic) bond motifs is 7. The third-order valence-corrected chi connectivity index (χ3v) is 8.11. The molecule has 1 spiro atoms. The maximum Gasteiger partial charge on any atom is 0.250 e. The summed E-state index contributed by atoms with van der Waals surface area (Å²) in [6, 6.07) is 10.7. The average Bonchev–Trinajstić information content (AvgIpc) is 3.42. The van der Waals surface area contributed by atoms with Gasteiger partial charge in [-0.05, 0) is 62.2 Å². The summed E-state index contributed by atoms with van der Waals surface area (Å²) >= 11 is 9.89. The van der Waals surface area contributed by atoms with Crippen molar-refractivity contribution in [2.24, 2.45) is 11.8 Å². The molecule has 0 radical (unpaired) electrons. The van der Waals surface area contributed by atoms with Crippen LogP contribution in [0.3, 0.4) is 0 Å². The minimum Gasteiger partial charge on any atom is -0.323 e. The summed E-state index contributed by atoms with van der Waals surface area (Å²) < 4.78 is 0.864. The first kappa shape index (κ1) is 19.5. The molecule has 3 amide bonds. The number of halogens is 2. The van der Waals surface area contributed by atoms with Gasteiger partial charge in [0.05, 0.1) is 28.2 Å². The van der Waals surface area contributed by atoms with Gasteiger partial charge in [0, 0.05) is 16.1 Å². The highest BCUT2D eigenvalue weighted by atomic mass is 79.9. The lowest BCUT2D eigenvalue weighted by molar-refractivity contribution is -0.135. The van der Waals surface area contributed by atoms with E-state index >= 15 is 0 Å². The lowest BCUT2D eigenvalue weighted by Crippen LogP contribution is -2.54. The highest BCUT2D eigenvalue weighted by Gasteiger charge is 2.74. The number of carbonyl (C=O) groups is 3. The first-order valence-corrected chi connectivity index (χ1v) is 11.5. The third-order valence-electron chi connectivity index (χ3n) is 7.28. The average molecular weight is 501 g/mol. The summed E-state index contributed by atoms with van der Waals surface area (Å²) in [4.78, 5) is 44.5. The van der Waals surface area contributed by atoms with Crippen LogP contribution in [0.15, 0.2) is 40.9 Å². The van der Waals surface area contributed by atoms with E-state index in [1.54, 1.807) is 12.1 Å². The van der Waals surface area contributed by atoms with Crippen LogP contribution < -0.4 is 10.2 Å². The van der Waals surface area contributed by atoms with Crippen molar-refractivity contribution in [3.8, 4) is 0 Å². The Morgan fingerprint density at radius 3 is 2.61 bits per heavy atom. The van der Waals surface area contributed by atoms with Crippen molar-refractivity contribution in [2.45, 2.75) is 31.3 Å². The van der Waals surface area contributed by atoms with Crippen molar-refractivity contribution >= 4 is 56.6 Å². The molecule has 3 fully saturated rings. The van der Waals surface area contributed by atoms with Crippen molar-refractivity contribution in [3.05, 3.63) is 57.0 Å². The smallest absolute Gasteiger partial charge is 0.250 e. The van der Waals surface area contributed by atoms with Crippen molar-refractivity contribution in [2.75, 3.05) is 16.8 Å². The molecule has 2 aromatic carbocycles. The minimum absolute atomic E-state index is 0.141. The predicted molar refractivity (Wildman–Crippen MR) is 120 cm³/mol. The number of benzene rings is 2. The number of carbonyl (C=O) groups excluding carboxylic acids is 3. The number of anilines is 2. The number of aryl methyl sites for hydroxylation is 1. The summed E-state index contributed by atoms with van der Waals surface area (Å²) in [5.41, 5.74) is 1.54. The van der Waals surface area contributed by atoms with E-state index in [-0.39, 0.29) is 23.8 Å². The van der Waals surface area contributed by atoms with Gasteiger partial charge in [0.15, 0.2) is 0 Å². The molecular weight excluding hydrogens is 482 g/mol. The van der Waals surface area contributed by atoms with Crippen LogP contribution in [-0.2, 0) is 19.9 Å². The maximum absolute atomic E-state index is 13.9. The number of rotatable bonds is 1. The molecule has 0 aliphatic carbocycles. The molecule has 2 aromatic rings. The fourth-order valence-corrected chi connectivity index (χ4v) is 6.83. The molecule has 6 rings (SSSR count). The number of hydrogen-bond donors (Lipinski definition) is 1. The van der Waals surface area contributed by atoms with E-state index in [0.717, 1.165) is 28.4 Å². The van der Waals surface area contributed by atoms with Gasteiger partial charge < -0.3 is 5.32 Å². The zero-order valence-corrected chi connectivity index (χ0v) is 19.0. The highest BCUT2D eigenvalue weighted by molar-refractivity contribution is 9.10. The second-order valence-electron chi connectivity index (χ2n) is 8.78. The van der Waals surface area contributed by atoms with Gasteiger partial charge >= 0.3 is 0 Å². The number of hydrogen-bond acceptors (Lipinski definition) is 4. The largest absolute Gasteiger partial charge is 0.323 e. The molecule has 4 heterocycles. The van der Waals surface area contributed by atoms with Crippen LogP contribution in [0.1, 0.15) is 24.0 Å². The Balaban J connectivity index is 1.57. The quantitative estimate of drug-likeness (QED) is 0.604. The monoisotopic (exact) mass is 499 g/mol. The van der Waals surface area contributed by atoms with Crippen molar-refractivity contribution in [1.29, 1.82) is 0 Å². The van der Waals surface area contributed by atoms with Gasteiger partial charge in [0.25, 0.3) is 5.91 Å². The fourth-order valence-electron chi connectivity index (χ4n) is 6.24. The summed E-state index contributed by atoms with van der Waals surface area (Å²) in [5, 5.41) is 3.41. The third kappa shape index (κ3) is 2.29. The molecule has 4 aliphatic heterocycles. The Morgan fingerprint density at radius 2 is 1.87 bits per heavy atom. The van der Waals surface area contributed by atoms with Crippen LogP contribution in [0.2, 0.25) is 5.02 Å². The van der Waals surface area contributed by atoms with Gasteiger partial charge in [-0.25, -0.2) is 4.90 Å². The molecular formula is C23H19BrClN3O3. The molecule has 3 saturated heterocycles. The number of imide groups is 1. The number of nitrogens with zero attached hydrogens (tertiary/aromatic N) is 2. The van der Waals surface area contributed by atoms with E-state index in [0.29, 0.717) is 22.9 Å². The minimum atomic E-state index is -1.20. The maximum atomic E-state index is 13.9. The Hall–Kier alpha value is -2.22. The van der Waals surface area contributed by atoms with Crippen LogP contribution in [-0.4, -0.2) is 35.2 Å². The van der Waals surface area contributed by atoms with E-state index in [1.807, 2.05) is 31.2 Å². The van der Waals surface area contributed by atoms with E-state index in [2.05, 4.69) is 26.1 Å². The van der Waals surface area contributed by atoms with Crippen molar-refractivity contribution in [1.82, 2.24) is 4.90 Å². The number of amides is 3. The fraction of sp³-hybridized carbons (Fsp3) is 0.348. The van der Waals surface area contributed by atoms with E-state index in [9.17, 15) is 14.4 Å². The topological polar surface area (TPSA) is 69.7 Å². The summed E-state index contributed by atoms with van der Waals surface area (Å²) in [5.74, 6) is -2.10. The van der Waals surface area contributed by atoms with Crippen LogP contribution in [0.4, 0.5) is 11.4 Å². The Labute approximate surface area is 192 Å². The molecule has 6 nitrogen and oxygen atoms in total. The second-order valence-corrected chi connectivity index (χ2v) is 10.1. The van der Waals surface area contributed by atoms with Crippen LogP contribution >= 0.6 is 27.5 Å². The Bertz CT molecular complexity index is 1180. The molecule has 4 unspecified atom stereocenters. The zero-order chi connectivity index (χ0) is 21.7. The molecule has 158 valence electrons. The molecule has 4 atom stereocenters. The van der Waals surface area contributed by atoms with Gasteiger partial charge in [-0.15, -0.1) is 0 Å². The lowest BCUT2D eigenvalue weighted by Gasteiger charge is -2.36. The van der Waals surface area contributed by atoms with Crippen LogP contribution in [0.5, 0.6) is 0 Å². The number of nitrogens with one attached hydrogen (secondary N) is 1. The van der Waals surface area contributed by atoms with Gasteiger partial charge in [0.1, 0.15) is 5.54 Å². The summed E-state index contributed by atoms with van der Waals surface area (Å²) in [7, 11) is 0. The Kier molecular flexibility index (Phi) is 4.02. The first-order valence-electron chi connectivity index (χ1n) is 10.4. The molecule has 0 saturated carbocycles. The van der Waals surface area contributed by atoms with E-state index in [4.69, 9.17) is 11.6 Å². The second kappa shape index (κ2) is 6.40. The van der Waals surface area contributed by atoms with E-state index < -0.39 is 17.4 Å². The SMILES string of the molecule is Cc1cc(Cl)c2c(c1)C1(C(=O)N2)C2C(=O)N(c3ccc(Br)cc3)C(=O)C2C2CCCN21. The Morgan fingerprint density at radius 1 is 1.13 bits per heavy atom. The van der Waals surface area contributed by atoms with Gasteiger partial charge in [0.2, 0.25) is 11.8 Å². The highest BCUT2D eigenvalue weighted by Crippen LogP contribution is 2.61. The van der Waals surface area contributed by atoms with Gasteiger partial charge in [-0.1, -0.05) is 33.6 Å². The van der Waals surface area contributed by atoms with Crippen LogP contribution in [0.25, 0.3) is 0 Å². The lowest BCUT2D eigenvalue weighted by atomic mass is 9.75. The van der Waals surface area contributed by atoms with Crippen molar-refractivity contribution in [3.63, 3.8) is 0 Å². The summed E-state index contributed by atoms with van der Waals surface area (Å²) in [6.45, 7) is 2.60. The van der Waals surface area contributed by atoms with Crippen molar-refractivity contribution < 1.29 is 14.4 Å². The van der Waals surface area contributed by atoms with Gasteiger partial charge in [-0.2, -0.15) is 0 Å². The normalized spacial score (nSPS) is 31.4. The molecule has 8 heteroatoms.